The molecular weight excluding hydrogens is 340 g/mol. The van der Waals surface area contributed by atoms with Crippen molar-refractivity contribution >= 4 is 33.6 Å². The van der Waals surface area contributed by atoms with Crippen molar-refractivity contribution in [2.45, 2.75) is 19.4 Å². The van der Waals surface area contributed by atoms with Gasteiger partial charge in [-0.25, -0.2) is 9.59 Å². The third-order valence-electron chi connectivity index (χ3n) is 3.25. The summed E-state index contributed by atoms with van der Waals surface area (Å²) in [6.07, 6.45) is 0. The highest BCUT2D eigenvalue weighted by atomic mass is 79.9. The van der Waals surface area contributed by atoms with Gasteiger partial charge >= 0.3 is 12.0 Å². The van der Waals surface area contributed by atoms with Gasteiger partial charge in [-0.1, -0.05) is 6.07 Å². The summed E-state index contributed by atoms with van der Waals surface area (Å²) in [5.74, 6) is -1.01. The van der Waals surface area contributed by atoms with Gasteiger partial charge in [-0.2, -0.15) is 0 Å². The predicted octanol–water partition coefficient (Wildman–Crippen LogP) is 2.46. The highest BCUT2D eigenvalue weighted by molar-refractivity contribution is 9.10. The molecule has 1 aliphatic rings. The molecule has 6 nitrogen and oxygen atoms in total. The summed E-state index contributed by atoms with van der Waals surface area (Å²) in [7, 11) is 0. The maximum Gasteiger partial charge on any atom is 0.329 e. The Kier molecular flexibility index (Phi) is 4.53. The van der Waals surface area contributed by atoms with Crippen molar-refractivity contribution < 1.29 is 19.4 Å². The standard InChI is InChI=1S/C14H17BrN2O4/c1-9-3-4-10(15)11(5-9)16-13(20)17-7-14(2,8-17)21-6-12(18)19/h3-5H,6-8H2,1-2H3,(H,16,20)(H,18,19). The molecule has 1 aliphatic heterocycles. The summed E-state index contributed by atoms with van der Waals surface area (Å²) in [6.45, 7) is 4.13. The number of ether oxygens (including phenoxy) is 1. The van der Waals surface area contributed by atoms with Crippen LogP contribution < -0.4 is 5.32 Å². The number of carbonyl (C=O) groups excluding carboxylic acids is 1. The van der Waals surface area contributed by atoms with E-state index in [0.29, 0.717) is 18.8 Å². The van der Waals surface area contributed by atoms with Crippen LogP contribution in [0, 0.1) is 6.92 Å². The Balaban J connectivity index is 1.89. The van der Waals surface area contributed by atoms with Gasteiger partial charge in [0.05, 0.1) is 18.8 Å². The number of anilines is 1. The molecule has 1 fully saturated rings. The molecule has 114 valence electrons. The molecule has 0 unspecified atom stereocenters. The van der Waals surface area contributed by atoms with Crippen molar-refractivity contribution in [1.29, 1.82) is 0 Å². The van der Waals surface area contributed by atoms with Crippen LogP contribution in [-0.4, -0.2) is 47.3 Å². The summed E-state index contributed by atoms with van der Waals surface area (Å²) in [4.78, 5) is 24.2. The summed E-state index contributed by atoms with van der Waals surface area (Å²) < 4.78 is 6.08. The molecule has 0 aliphatic carbocycles. The first-order valence-electron chi connectivity index (χ1n) is 6.47. The number of halogens is 1. The van der Waals surface area contributed by atoms with Crippen molar-refractivity contribution in [2.75, 3.05) is 25.0 Å². The number of nitrogens with zero attached hydrogens (tertiary/aromatic N) is 1. The quantitative estimate of drug-likeness (QED) is 0.868. The van der Waals surface area contributed by atoms with Gasteiger partial charge in [-0.05, 0) is 47.5 Å². The first-order chi connectivity index (χ1) is 9.79. The van der Waals surface area contributed by atoms with Gasteiger partial charge < -0.3 is 20.1 Å². The number of aryl methyl sites for hydroxylation is 1. The average molecular weight is 357 g/mol. The number of carbonyl (C=O) groups is 2. The molecule has 7 heteroatoms. The minimum atomic E-state index is -1.01. The second-order valence-corrected chi connectivity index (χ2v) is 6.26. The molecule has 0 bridgehead atoms. The van der Waals surface area contributed by atoms with E-state index in [1.165, 1.54) is 0 Å². The number of hydrogen-bond acceptors (Lipinski definition) is 3. The van der Waals surface area contributed by atoms with Gasteiger partial charge in [0, 0.05) is 4.47 Å². The number of carboxylic acid groups (broad SMARTS) is 1. The Bertz CT molecular complexity index is 570. The monoisotopic (exact) mass is 356 g/mol. The Labute approximate surface area is 131 Å². The fraction of sp³-hybridized carbons (Fsp3) is 0.429. The lowest BCUT2D eigenvalue weighted by atomic mass is 9.97. The van der Waals surface area contributed by atoms with E-state index < -0.39 is 11.6 Å². The van der Waals surface area contributed by atoms with E-state index in [0.717, 1.165) is 10.0 Å². The number of likely N-dealkylation sites (tertiary alicyclic amines) is 1. The van der Waals surface area contributed by atoms with Gasteiger partial charge in [0.15, 0.2) is 0 Å². The van der Waals surface area contributed by atoms with Crippen molar-refractivity contribution in [3.05, 3.63) is 28.2 Å². The lowest BCUT2D eigenvalue weighted by molar-refractivity contribution is -0.159. The molecular formula is C14H17BrN2O4. The topological polar surface area (TPSA) is 78.9 Å². The van der Waals surface area contributed by atoms with Gasteiger partial charge in [0.2, 0.25) is 0 Å². The number of nitrogens with one attached hydrogen (secondary N) is 1. The van der Waals surface area contributed by atoms with E-state index >= 15 is 0 Å². The molecule has 1 heterocycles. The van der Waals surface area contributed by atoms with E-state index in [1.807, 2.05) is 25.1 Å². The Morgan fingerprint density at radius 1 is 1.48 bits per heavy atom. The largest absolute Gasteiger partial charge is 0.480 e. The first kappa shape index (κ1) is 15.8. The zero-order chi connectivity index (χ0) is 15.6. The normalized spacial score (nSPS) is 16.2. The molecule has 0 saturated carbocycles. The predicted molar refractivity (Wildman–Crippen MR) is 81.5 cm³/mol. The van der Waals surface area contributed by atoms with Crippen LogP contribution in [0.15, 0.2) is 22.7 Å². The molecule has 1 aromatic carbocycles. The first-order valence-corrected chi connectivity index (χ1v) is 7.26. The van der Waals surface area contributed by atoms with Crippen LogP contribution in [-0.2, 0) is 9.53 Å². The molecule has 1 saturated heterocycles. The number of urea groups is 1. The molecule has 0 radical (unpaired) electrons. The maximum atomic E-state index is 12.1. The minimum Gasteiger partial charge on any atom is -0.480 e. The fourth-order valence-electron chi connectivity index (χ4n) is 2.16. The SMILES string of the molecule is Cc1ccc(Br)c(NC(=O)N2CC(C)(OCC(=O)O)C2)c1. The molecule has 2 N–H and O–H groups in total. The average Bonchev–Trinajstić information content (AvgIpc) is 2.37. The van der Waals surface area contributed by atoms with E-state index in [9.17, 15) is 9.59 Å². The minimum absolute atomic E-state index is 0.224. The van der Waals surface area contributed by atoms with Gasteiger partial charge in [0.1, 0.15) is 12.2 Å². The Morgan fingerprint density at radius 2 is 2.14 bits per heavy atom. The number of carboxylic acids is 1. The number of amides is 2. The van der Waals surface area contributed by atoms with Gasteiger partial charge in [0.25, 0.3) is 0 Å². The van der Waals surface area contributed by atoms with E-state index in [1.54, 1.807) is 11.8 Å². The smallest absolute Gasteiger partial charge is 0.329 e. The lowest BCUT2D eigenvalue weighted by Gasteiger charge is -2.46. The third-order valence-corrected chi connectivity index (χ3v) is 3.94. The van der Waals surface area contributed by atoms with E-state index in [4.69, 9.17) is 9.84 Å². The van der Waals surface area contributed by atoms with Crippen molar-refractivity contribution in [2.24, 2.45) is 0 Å². The zero-order valence-corrected chi connectivity index (χ0v) is 13.4. The fourth-order valence-corrected chi connectivity index (χ4v) is 2.51. The van der Waals surface area contributed by atoms with E-state index in [2.05, 4.69) is 21.2 Å². The summed E-state index contributed by atoms with van der Waals surface area (Å²) >= 11 is 3.39. The van der Waals surface area contributed by atoms with Crippen molar-refractivity contribution in [3.63, 3.8) is 0 Å². The maximum absolute atomic E-state index is 12.1. The summed E-state index contributed by atoms with van der Waals surface area (Å²) in [5, 5.41) is 11.4. The number of benzene rings is 1. The molecule has 21 heavy (non-hydrogen) atoms. The molecule has 2 amide bonds. The number of hydrogen-bond donors (Lipinski definition) is 2. The van der Waals surface area contributed by atoms with Crippen LogP contribution in [0.2, 0.25) is 0 Å². The van der Waals surface area contributed by atoms with Crippen LogP contribution in [0.4, 0.5) is 10.5 Å². The van der Waals surface area contributed by atoms with Crippen molar-refractivity contribution in [1.82, 2.24) is 4.90 Å². The highest BCUT2D eigenvalue weighted by Crippen LogP contribution is 2.27. The third kappa shape index (κ3) is 3.95. The van der Waals surface area contributed by atoms with Crippen LogP contribution in [0.3, 0.4) is 0 Å². The molecule has 0 atom stereocenters. The van der Waals surface area contributed by atoms with Crippen molar-refractivity contribution in [3.8, 4) is 0 Å². The van der Waals surface area contributed by atoms with Gasteiger partial charge in [-0.3, -0.25) is 0 Å². The zero-order valence-electron chi connectivity index (χ0n) is 11.9. The van der Waals surface area contributed by atoms with Crippen LogP contribution in [0.5, 0.6) is 0 Å². The summed E-state index contributed by atoms with van der Waals surface area (Å²) in [5.41, 5.74) is 1.17. The number of rotatable bonds is 4. The molecule has 0 aromatic heterocycles. The summed E-state index contributed by atoms with van der Waals surface area (Å²) in [6, 6.07) is 5.47. The second kappa shape index (κ2) is 6.03. The molecule has 2 rings (SSSR count). The molecule has 1 aromatic rings. The highest BCUT2D eigenvalue weighted by Gasteiger charge is 2.42. The lowest BCUT2D eigenvalue weighted by Crippen LogP contribution is -2.64. The Morgan fingerprint density at radius 3 is 2.76 bits per heavy atom. The molecule has 0 spiro atoms. The van der Waals surface area contributed by atoms with Crippen LogP contribution in [0.1, 0.15) is 12.5 Å². The van der Waals surface area contributed by atoms with Gasteiger partial charge in [-0.15, -0.1) is 0 Å². The number of aliphatic carboxylic acids is 1. The van der Waals surface area contributed by atoms with Crippen LogP contribution >= 0.6 is 15.9 Å². The Hall–Kier alpha value is -1.60. The van der Waals surface area contributed by atoms with E-state index in [-0.39, 0.29) is 12.6 Å². The second-order valence-electron chi connectivity index (χ2n) is 5.40. The van der Waals surface area contributed by atoms with Crippen LogP contribution in [0.25, 0.3) is 0 Å².